The molecule has 0 bridgehead atoms. The molecule has 0 saturated carbocycles. The van der Waals surface area contributed by atoms with Crippen LogP contribution >= 0.6 is 12.2 Å². The average Bonchev–Trinajstić information content (AvgIpc) is 3.50. The van der Waals surface area contributed by atoms with E-state index in [0.29, 0.717) is 32.5 Å². The van der Waals surface area contributed by atoms with Crippen molar-refractivity contribution in [2.45, 2.75) is 76.7 Å². The van der Waals surface area contributed by atoms with Crippen LogP contribution in [0.15, 0.2) is 70.2 Å². The molecule has 0 radical (unpaired) electrons. The Morgan fingerprint density at radius 1 is 0.878 bits per heavy atom. The second kappa shape index (κ2) is 14.3. The van der Waals surface area contributed by atoms with Gasteiger partial charge in [-0.1, -0.05) is 29.4 Å². The Morgan fingerprint density at radius 2 is 1.41 bits per heavy atom. The summed E-state index contributed by atoms with van der Waals surface area (Å²) >= 11 is 5.17. The summed E-state index contributed by atoms with van der Waals surface area (Å²) in [5.74, 6) is -0.150. The highest BCUT2D eigenvalue weighted by molar-refractivity contribution is 7.92. The summed E-state index contributed by atoms with van der Waals surface area (Å²) in [7, 11) is -1.80. The third kappa shape index (κ3) is 9.18. The number of hydrogen-bond donors (Lipinski definition) is 2. The van der Waals surface area contributed by atoms with Gasteiger partial charge >= 0.3 is 12.2 Å². The number of nitrogens with one attached hydrogen (secondary N) is 2. The van der Waals surface area contributed by atoms with Crippen LogP contribution in [-0.2, 0) is 19.3 Å². The zero-order chi connectivity index (χ0) is 36.3. The van der Waals surface area contributed by atoms with Crippen molar-refractivity contribution in [3.8, 4) is 34.0 Å². The second-order valence-electron chi connectivity index (χ2n) is 13.2. The number of carbonyl (C=O) groups excluding carboxylic acids is 2. The maximum Gasteiger partial charge on any atom is 0.425 e. The van der Waals surface area contributed by atoms with Crippen LogP contribution in [0.5, 0.6) is 0 Å². The van der Waals surface area contributed by atoms with Crippen molar-refractivity contribution in [3.05, 3.63) is 60.8 Å². The van der Waals surface area contributed by atoms with Crippen LogP contribution in [0.25, 0.3) is 34.0 Å². The van der Waals surface area contributed by atoms with Crippen molar-refractivity contribution >= 4 is 50.9 Å². The fourth-order valence-electron chi connectivity index (χ4n) is 4.24. The van der Waals surface area contributed by atoms with Crippen molar-refractivity contribution in [3.63, 3.8) is 0 Å². The second-order valence-corrected chi connectivity index (χ2v) is 16.1. The largest absolute Gasteiger partial charge is 0.443 e. The number of amides is 2. The van der Waals surface area contributed by atoms with Gasteiger partial charge in [0.05, 0.1) is 22.0 Å². The lowest BCUT2D eigenvalue weighted by Gasteiger charge is -2.28. The standard InChI is InChI=1S/C34H40N6O7S2/c1-20(2)49(43,44)24-16-12-22(13-17-24)26-19-36-29(40(31(41)45-33(3,4)5)32(42)46-34(6,7)8)28(38-26)27-18-25(39-47-27)21-10-14-23(15-11-21)37-30(48)35-9/h10-20H,1-9H3,(H2,35,37,48). The number of anilines is 2. The molecule has 15 heteroatoms. The molecule has 13 nitrogen and oxygen atoms in total. The van der Waals surface area contributed by atoms with E-state index in [9.17, 15) is 18.0 Å². The summed E-state index contributed by atoms with van der Waals surface area (Å²) < 4.78 is 42.3. The van der Waals surface area contributed by atoms with Crippen molar-refractivity contribution in [1.82, 2.24) is 20.4 Å². The Morgan fingerprint density at radius 3 is 1.92 bits per heavy atom. The Kier molecular flexibility index (Phi) is 10.8. The van der Waals surface area contributed by atoms with Crippen LogP contribution in [0.4, 0.5) is 21.1 Å². The Bertz CT molecular complexity index is 1920. The molecule has 49 heavy (non-hydrogen) atoms. The summed E-state index contributed by atoms with van der Waals surface area (Å²) in [6.45, 7) is 13.2. The van der Waals surface area contributed by atoms with Crippen molar-refractivity contribution < 1.29 is 32.0 Å². The number of imide groups is 1. The molecule has 0 aliphatic carbocycles. The van der Waals surface area contributed by atoms with Gasteiger partial charge in [-0.3, -0.25) is 0 Å². The first-order chi connectivity index (χ1) is 22.8. The average molecular weight is 709 g/mol. The quantitative estimate of drug-likeness (QED) is 0.185. The highest BCUT2D eigenvalue weighted by Gasteiger charge is 2.37. The Hall–Kier alpha value is -4.89. The molecule has 0 unspecified atom stereocenters. The first-order valence-electron chi connectivity index (χ1n) is 15.3. The molecule has 2 heterocycles. The van der Waals surface area contributed by atoms with E-state index in [1.165, 1.54) is 18.3 Å². The number of ether oxygens (including phenoxy) is 2. The molecule has 0 aliphatic rings. The van der Waals surface area contributed by atoms with Gasteiger partial charge in [0.25, 0.3) is 0 Å². The molecule has 4 rings (SSSR count). The topological polar surface area (TPSA) is 166 Å². The van der Waals surface area contributed by atoms with E-state index in [1.807, 2.05) is 24.3 Å². The van der Waals surface area contributed by atoms with Gasteiger partial charge in [-0.2, -0.15) is 4.90 Å². The fraction of sp³-hybridized carbons (Fsp3) is 0.353. The van der Waals surface area contributed by atoms with Gasteiger partial charge in [0.2, 0.25) is 0 Å². The molecule has 2 aromatic carbocycles. The third-order valence-corrected chi connectivity index (χ3v) is 9.10. The van der Waals surface area contributed by atoms with Crippen LogP contribution in [0, 0.1) is 0 Å². The maximum absolute atomic E-state index is 13.6. The number of rotatable bonds is 7. The van der Waals surface area contributed by atoms with Crippen LogP contribution in [0.2, 0.25) is 0 Å². The number of benzene rings is 2. The molecular formula is C34H40N6O7S2. The highest BCUT2D eigenvalue weighted by atomic mass is 32.2. The van der Waals surface area contributed by atoms with Gasteiger partial charge < -0.3 is 24.6 Å². The minimum atomic E-state index is -3.51. The lowest BCUT2D eigenvalue weighted by atomic mass is 10.1. The minimum Gasteiger partial charge on any atom is -0.443 e. The van der Waals surface area contributed by atoms with E-state index >= 15 is 0 Å². The smallest absolute Gasteiger partial charge is 0.425 e. The molecule has 2 amide bonds. The first kappa shape index (κ1) is 36.9. The Labute approximate surface area is 291 Å². The van der Waals surface area contributed by atoms with E-state index in [1.54, 1.807) is 80.6 Å². The van der Waals surface area contributed by atoms with Crippen LogP contribution < -0.4 is 15.5 Å². The number of thiocarbonyl (C=S) groups is 1. The molecule has 4 aromatic rings. The summed E-state index contributed by atoms with van der Waals surface area (Å²) in [6.07, 6.45) is -0.739. The van der Waals surface area contributed by atoms with E-state index in [4.69, 9.17) is 31.2 Å². The maximum atomic E-state index is 13.6. The number of sulfone groups is 1. The molecule has 0 saturated heterocycles. The van der Waals surface area contributed by atoms with Crippen molar-refractivity contribution in [1.29, 1.82) is 0 Å². The first-order valence-corrected chi connectivity index (χ1v) is 17.3. The van der Waals surface area contributed by atoms with Crippen molar-refractivity contribution in [2.24, 2.45) is 0 Å². The predicted octanol–water partition coefficient (Wildman–Crippen LogP) is 7.24. The number of hydrogen-bond acceptors (Lipinski definition) is 11. The van der Waals surface area contributed by atoms with Gasteiger partial charge in [-0.25, -0.2) is 28.0 Å². The molecule has 0 fully saturated rings. The molecule has 260 valence electrons. The zero-order valence-corrected chi connectivity index (χ0v) is 30.4. The summed E-state index contributed by atoms with van der Waals surface area (Å²) in [5.41, 5.74) is 0.733. The normalized spacial score (nSPS) is 12.0. The monoisotopic (exact) mass is 708 g/mol. The molecule has 2 aromatic heterocycles. The van der Waals surface area contributed by atoms with Gasteiger partial charge in [0.1, 0.15) is 16.9 Å². The zero-order valence-electron chi connectivity index (χ0n) is 28.8. The molecular weight excluding hydrogens is 669 g/mol. The minimum absolute atomic E-state index is 0.0236. The van der Waals surface area contributed by atoms with Gasteiger partial charge in [0, 0.05) is 29.9 Å². The van der Waals surface area contributed by atoms with Crippen LogP contribution in [0.3, 0.4) is 0 Å². The van der Waals surface area contributed by atoms with Gasteiger partial charge in [0.15, 0.2) is 32.2 Å². The van der Waals surface area contributed by atoms with E-state index in [0.717, 1.165) is 5.69 Å². The number of carbonyl (C=O) groups is 2. The lowest BCUT2D eigenvalue weighted by Crippen LogP contribution is -2.44. The number of aromatic nitrogens is 3. The van der Waals surface area contributed by atoms with E-state index in [-0.39, 0.29) is 22.2 Å². The van der Waals surface area contributed by atoms with Crippen LogP contribution in [0.1, 0.15) is 55.4 Å². The summed E-state index contributed by atoms with van der Waals surface area (Å²) in [6, 6.07) is 15.0. The van der Waals surface area contributed by atoms with Gasteiger partial charge in [-0.05, 0) is 91.9 Å². The summed E-state index contributed by atoms with van der Waals surface area (Å²) in [4.78, 5) is 37.2. The van der Waals surface area contributed by atoms with Crippen molar-refractivity contribution in [2.75, 3.05) is 17.3 Å². The molecule has 0 spiro atoms. The fourth-order valence-corrected chi connectivity index (χ4v) is 5.42. The van der Waals surface area contributed by atoms with Crippen LogP contribution in [-0.4, -0.2) is 64.3 Å². The number of nitrogens with zero attached hydrogens (tertiary/aromatic N) is 4. The van der Waals surface area contributed by atoms with E-state index < -0.39 is 38.5 Å². The third-order valence-electron chi connectivity index (χ3n) is 6.63. The predicted molar refractivity (Wildman–Crippen MR) is 191 cm³/mol. The summed E-state index contributed by atoms with van der Waals surface area (Å²) in [5, 5.41) is 9.97. The molecule has 0 aliphatic heterocycles. The molecule has 2 N–H and O–H groups in total. The SMILES string of the molecule is CNC(=S)Nc1ccc(-c2cc(-c3nc(-c4ccc(S(=O)(=O)C(C)C)cc4)cnc3N(C(=O)OC(C)(C)C)C(=O)OC(C)(C)C)on2)cc1. The Balaban J connectivity index is 1.86. The molecule has 0 atom stereocenters. The van der Waals surface area contributed by atoms with E-state index in [2.05, 4.69) is 20.8 Å². The lowest BCUT2D eigenvalue weighted by molar-refractivity contribution is 0.0429. The van der Waals surface area contributed by atoms with Gasteiger partial charge in [-0.15, -0.1) is 0 Å². The highest BCUT2D eigenvalue weighted by Crippen LogP contribution is 2.35.